The number of para-hydroxylation sites is 1. The highest BCUT2D eigenvalue weighted by molar-refractivity contribution is 6.06. The van der Waals surface area contributed by atoms with Crippen LogP contribution >= 0.6 is 0 Å². The first-order valence-corrected chi connectivity index (χ1v) is 8.55. The van der Waals surface area contributed by atoms with Crippen LogP contribution in [0.4, 0.5) is 5.69 Å². The maximum atomic E-state index is 12.1. The molecule has 5 nitrogen and oxygen atoms in total. The third-order valence-corrected chi connectivity index (χ3v) is 4.35. The fourth-order valence-corrected chi connectivity index (χ4v) is 2.82. The molecule has 1 aliphatic carbocycles. The fraction of sp³-hybridized carbons (Fsp3) is 0.238. The highest BCUT2D eigenvalue weighted by atomic mass is 16.5. The standard InChI is InChI=1S/C21H21NO4/c1-26-19-10-8-15(13-16(19)12-14-6-7-14)9-11-20(23)22-18-5-3-2-4-17(18)21(24)25/h2-5,8-11,13-14H,6-7,12H2,1H3,(H,22,23)(H,24,25)/b11-9+. The number of carbonyl (C=O) groups is 2. The number of hydrogen-bond donors (Lipinski definition) is 2. The van der Waals surface area contributed by atoms with Gasteiger partial charge in [-0.1, -0.05) is 18.2 Å². The summed E-state index contributed by atoms with van der Waals surface area (Å²) in [4.78, 5) is 23.3. The van der Waals surface area contributed by atoms with Gasteiger partial charge in [0.25, 0.3) is 0 Å². The monoisotopic (exact) mass is 351 g/mol. The van der Waals surface area contributed by atoms with Crippen LogP contribution in [0, 0.1) is 5.92 Å². The van der Waals surface area contributed by atoms with Gasteiger partial charge in [-0.3, -0.25) is 4.79 Å². The van der Waals surface area contributed by atoms with E-state index in [1.54, 1.807) is 31.4 Å². The molecule has 0 aromatic heterocycles. The average Bonchev–Trinajstić information content (AvgIpc) is 3.44. The van der Waals surface area contributed by atoms with E-state index in [1.165, 1.54) is 25.0 Å². The van der Waals surface area contributed by atoms with E-state index in [1.807, 2.05) is 18.2 Å². The molecule has 0 bridgehead atoms. The molecular weight excluding hydrogens is 330 g/mol. The summed E-state index contributed by atoms with van der Waals surface area (Å²) in [6.45, 7) is 0. The molecule has 2 aromatic carbocycles. The SMILES string of the molecule is COc1ccc(/C=C/C(=O)Nc2ccccc2C(=O)O)cc1CC1CC1. The van der Waals surface area contributed by atoms with Crippen LogP contribution in [0.1, 0.15) is 34.3 Å². The molecule has 2 N–H and O–H groups in total. The zero-order chi connectivity index (χ0) is 18.5. The Morgan fingerprint density at radius 1 is 1.23 bits per heavy atom. The van der Waals surface area contributed by atoms with Gasteiger partial charge in [-0.25, -0.2) is 4.79 Å². The molecule has 0 aliphatic heterocycles. The summed E-state index contributed by atoms with van der Waals surface area (Å²) in [5.74, 6) is 0.149. The number of anilines is 1. The molecule has 1 amide bonds. The number of nitrogens with one attached hydrogen (secondary N) is 1. The Hall–Kier alpha value is -3.08. The number of methoxy groups -OCH3 is 1. The maximum absolute atomic E-state index is 12.1. The number of ether oxygens (including phenoxy) is 1. The van der Waals surface area contributed by atoms with Crippen molar-refractivity contribution in [1.82, 2.24) is 0 Å². The summed E-state index contributed by atoms with van der Waals surface area (Å²) in [5, 5.41) is 11.8. The number of amides is 1. The van der Waals surface area contributed by atoms with Crippen LogP contribution in [-0.2, 0) is 11.2 Å². The van der Waals surface area contributed by atoms with E-state index >= 15 is 0 Å². The minimum absolute atomic E-state index is 0.0606. The lowest BCUT2D eigenvalue weighted by molar-refractivity contribution is -0.111. The van der Waals surface area contributed by atoms with Crippen molar-refractivity contribution in [2.45, 2.75) is 19.3 Å². The van der Waals surface area contributed by atoms with Crippen LogP contribution in [0.3, 0.4) is 0 Å². The first kappa shape index (κ1) is 17.7. The molecule has 0 spiro atoms. The minimum Gasteiger partial charge on any atom is -0.496 e. The van der Waals surface area contributed by atoms with Gasteiger partial charge in [-0.2, -0.15) is 0 Å². The minimum atomic E-state index is -1.08. The van der Waals surface area contributed by atoms with Gasteiger partial charge in [-0.15, -0.1) is 0 Å². The van der Waals surface area contributed by atoms with Crippen LogP contribution in [0.2, 0.25) is 0 Å². The number of rotatable bonds is 7. The van der Waals surface area contributed by atoms with Crippen molar-refractivity contribution in [2.24, 2.45) is 5.92 Å². The molecule has 1 saturated carbocycles. The molecule has 134 valence electrons. The Morgan fingerprint density at radius 2 is 2.00 bits per heavy atom. The van der Waals surface area contributed by atoms with Gasteiger partial charge in [-0.05, 0) is 66.6 Å². The maximum Gasteiger partial charge on any atom is 0.337 e. The predicted molar refractivity (Wildman–Crippen MR) is 100 cm³/mol. The summed E-state index contributed by atoms with van der Waals surface area (Å²) >= 11 is 0. The van der Waals surface area contributed by atoms with Crippen LogP contribution < -0.4 is 10.1 Å². The molecule has 0 heterocycles. The van der Waals surface area contributed by atoms with E-state index in [0.717, 1.165) is 29.2 Å². The molecule has 3 rings (SSSR count). The normalized spacial score (nSPS) is 13.6. The number of hydrogen-bond acceptors (Lipinski definition) is 3. The summed E-state index contributed by atoms with van der Waals surface area (Å²) in [6.07, 6.45) is 6.63. The molecule has 5 heteroatoms. The summed E-state index contributed by atoms with van der Waals surface area (Å²) in [7, 11) is 1.66. The van der Waals surface area contributed by atoms with Crippen LogP contribution in [0.15, 0.2) is 48.5 Å². The lowest BCUT2D eigenvalue weighted by Gasteiger charge is -2.09. The largest absolute Gasteiger partial charge is 0.496 e. The lowest BCUT2D eigenvalue weighted by atomic mass is 10.0. The smallest absolute Gasteiger partial charge is 0.337 e. The van der Waals surface area contributed by atoms with E-state index in [9.17, 15) is 9.59 Å². The first-order chi connectivity index (χ1) is 12.6. The number of carboxylic acids is 1. The molecule has 0 atom stereocenters. The van der Waals surface area contributed by atoms with Crippen molar-refractivity contribution in [2.75, 3.05) is 12.4 Å². The van der Waals surface area contributed by atoms with E-state index in [0.29, 0.717) is 0 Å². The van der Waals surface area contributed by atoms with Crippen molar-refractivity contribution in [1.29, 1.82) is 0 Å². The second-order valence-corrected chi connectivity index (χ2v) is 6.39. The highest BCUT2D eigenvalue weighted by Crippen LogP contribution is 2.35. The Balaban J connectivity index is 1.71. The van der Waals surface area contributed by atoms with Crippen molar-refractivity contribution in [3.05, 3.63) is 65.2 Å². The van der Waals surface area contributed by atoms with E-state index < -0.39 is 5.97 Å². The van der Waals surface area contributed by atoms with Gasteiger partial charge in [0.2, 0.25) is 5.91 Å². The second-order valence-electron chi connectivity index (χ2n) is 6.39. The van der Waals surface area contributed by atoms with Crippen LogP contribution in [-0.4, -0.2) is 24.1 Å². The van der Waals surface area contributed by atoms with Crippen molar-refractivity contribution in [3.63, 3.8) is 0 Å². The fourth-order valence-electron chi connectivity index (χ4n) is 2.82. The number of aromatic carboxylic acids is 1. The molecule has 0 saturated heterocycles. The van der Waals surface area contributed by atoms with Crippen molar-refractivity contribution in [3.8, 4) is 5.75 Å². The average molecular weight is 351 g/mol. The van der Waals surface area contributed by atoms with Crippen LogP contribution in [0.5, 0.6) is 5.75 Å². The molecule has 26 heavy (non-hydrogen) atoms. The molecule has 2 aromatic rings. The van der Waals surface area contributed by atoms with Crippen molar-refractivity contribution >= 4 is 23.6 Å². The Kier molecular flexibility index (Phi) is 5.37. The number of carbonyl (C=O) groups excluding carboxylic acids is 1. The molecule has 1 aliphatic rings. The number of benzene rings is 2. The van der Waals surface area contributed by atoms with E-state index in [-0.39, 0.29) is 17.2 Å². The summed E-state index contributed by atoms with van der Waals surface area (Å²) in [6, 6.07) is 12.2. The summed E-state index contributed by atoms with van der Waals surface area (Å²) in [5.41, 5.74) is 2.39. The van der Waals surface area contributed by atoms with Gasteiger partial charge in [0.15, 0.2) is 0 Å². The first-order valence-electron chi connectivity index (χ1n) is 8.55. The van der Waals surface area contributed by atoms with Crippen LogP contribution in [0.25, 0.3) is 6.08 Å². The zero-order valence-corrected chi connectivity index (χ0v) is 14.6. The number of carboxylic acid groups (broad SMARTS) is 1. The molecule has 1 fully saturated rings. The van der Waals surface area contributed by atoms with Gasteiger partial charge >= 0.3 is 5.97 Å². The van der Waals surface area contributed by atoms with Gasteiger partial charge in [0.1, 0.15) is 5.75 Å². The highest BCUT2D eigenvalue weighted by Gasteiger charge is 2.23. The Labute approximate surface area is 152 Å². The topological polar surface area (TPSA) is 75.6 Å². The van der Waals surface area contributed by atoms with E-state index in [4.69, 9.17) is 9.84 Å². The van der Waals surface area contributed by atoms with Crippen molar-refractivity contribution < 1.29 is 19.4 Å². The third-order valence-electron chi connectivity index (χ3n) is 4.35. The molecule has 0 unspecified atom stereocenters. The third kappa shape index (κ3) is 4.51. The molecular formula is C21H21NO4. The molecule has 0 radical (unpaired) electrons. The van der Waals surface area contributed by atoms with E-state index in [2.05, 4.69) is 5.32 Å². The quantitative estimate of drug-likeness (QED) is 0.740. The summed E-state index contributed by atoms with van der Waals surface area (Å²) < 4.78 is 5.41. The van der Waals surface area contributed by atoms with Gasteiger partial charge in [0, 0.05) is 6.08 Å². The van der Waals surface area contributed by atoms with Gasteiger partial charge in [0.05, 0.1) is 18.4 Å². The Morgan fingerprint density at radius 3 is 2.69 bits per heavy atom. The Bertz CT molecular complexity index is 853. The predicted octanol–water partition coefficient (Wildman–Crippen LogP) is 4.00. The second kappa shape index (κ2) is 7.87. The van der Waals surface area contributed by atoms with Gasteiger partial charge < -0.3 is 15.2 Å². The zero-order valence-electron chi connectivity index (χ0n) is 14.6. The lowest BCUT2D eigenvalue weighted by Crippen LogP contribution is -2.11.